The van der Waals surface area contributed by atoms with E-state index < -0.39 is 0 Å². The molecule has 0 N–H and O–H groups in total. The minimum Gasteiger partial charge on any atom is -0.383 e. The van der Waals surface area contributed by atoms with Crippen molar-refractivity contribution in [1.82, 2.24) is 4.90 Å². The molecule has 1 aromatic rings. The highest BCUT2D eigenvalue weighted by Crippen LogP contribution is 2.30. The SMILES string of the molecule is COC[C@H](c1cc(Cl)cc(Cl)c1)N1CCC(C)CC1. The molecule has 19 heavy (non-hydrogen) atoms. The minimum absolute atomic E-state index is 0.244. The van der Waals surface area contributed by atoms with Crippen LogP contribution >= 0.6 is 23.2 Å². The van der Waals surface area contributed by atoms with Crippen molar-refractivity contribution in [2.45, 2.75) is 25.8 Å². The Kier molecular flexibility index (Phi) is 5.52. The fraction of sp³-hybridized carbons (Fsp3) is 0.600. The fourth-order valence-electron chi connectivity index (χ4n) is 2.68. The molecule has 1 heterocycles. The molecule has 0 radical (unpaired) electrons. The third kappa shape index (κ3) is 4.09. The third-order valence-corrected chi connectivity index (χ3v) is 4.29. The third-order valence-electron chi connectivity index (χ3n) is 3.85. The molecule has 1 aromatic carbocycles. The van der Waals surface area contributed by atoms with Gasteiger partial charge in [0, 0.05) is 17.2 Å². The van der Waals surface area contributed by atoms with Crippen LogP contribution in [0.15, 0.2) is 18.2 Å². The molecular weight excluding hydrogens is 281 g/mol. The van der Waals surface area contributed by atoms with Gasteiger partial charge in [0.2, 0.25) is 0 Å². The highest BCUT2D eigenvalue weighted by atomic mass is 35.5. The fourth-order valence-corrected chi connectivity index (χ4v) is 3.22. The molecule has 1 fully saturated rings. The number of ether oxygens (including phenoxy) is 1. The first-order valence-corrected chi connectivity index (χ1v) is 7.54. The maximum atomic E-state index is 6.11. The largest absolute Gasteiger partial charge is 0.383 e. The molecule has 2 nitrogen and oxygen atoms in total. The highest BCUT2D eigenvalue weighted by molar-refractivity contribution is 6.34. The Labute approximate surface area is 125 Å². The van der Waals surface area contributed by atoms with Gasteiger partial charge in [-0.3, -0.25) is 4.90 Å². The Balaban J connectivity index is 2.19. The summed E-state index contributed by atoms with van der Waals surface area (Å²) in [7, 11) is 1.74. The van der Waals surface area contributed by atoms with Crippen LogP contribution in [0.5, 0.6) is 0 Å². The van der Waals surface area contributed by atoms with Gasteiger partial charge in [0.1, 0.15) is 0 Å². The summed E-state index contributed by atoms with van der Waals surface area (Å²) in [5.74, 6) is 0.822. The van der Waals surface area contributed by atoms with Crippen LogP contribution in [0.25, 0.3) is 0 Å². The normalized spacial score (nSPS) is 19.6. The number of benzene rings is 1. The molecule has 0 unspecified atom stereocenters. The number of nitrogens with zero attached hydrogens (tertiary/aromatic N) is 1. The average molecular weight is 302 g/mol. The lowest BCUT2D eigenvalue weighted by Crippen LogP contribution is -2.38. The molecule has 2 rings (SSSR count). The Morgan fingerprint density at radius 2 is 1.79 bits per heavy atom. The zero-order valence-electron chi connectivity index (χ0n) is 11.5. The average Bonchev–Trinajstić information content (AvgIpc) is 2.36. The van der Waals surface area contributed by atoms with Gasteiger partial charge >= 0.3 is 0 Å². The lowest BCUT2D eigenvalue weighted by Gasteiger charge is -2.36. The number of hydrogen-bond donors (Lipinski definition) is 0. The zero-order chi connectivity index (χ0) is 13.8. The van der Waals surface area contributed by atoms with E-state index in [9.17, 15) is 0 Å². The lowest BCUT2D eigenvalue weighted by molar-refractivity contribution is 0.0665. The van der Waals surface area contributed by atoms with Gasteiger partial charge in [0.25, 0.3) is 0 Å². The number of likely N-dealkylation sites (tertiary alicyclic amines) is 1. The predicted molar refractivity (Wildman–Crippen MR) is 81.1 cm³/mol. The van der Waals surface area contributed by atoms with E-state index in [1.165, 1.54) is 12.8 Å². The van der Waals surface area contributed by atoms with Crippen LogP contribution in [0, 0.1) is 5.92 Å². The predicted octanol–water partition coefficient (Wildman–Crippen LogP) is 4.41. The van der Waals surface area contributed by atoms with Crippen LogP contribution in [-0.2, 0) is 4.74 Å². The smallest absolute Gasteiger partial charge is 0.0659 e. The molecule has 0 aliphatic carbocycles. The van der Waals surface area contributed by atoms with Crippen LogP contribution in [0.3, 0.4) is 0 Å². The summed E-state index contributed by atoms with van der Waals surface area (Å²) in [6, 6.07) is 6.01. The summed E-state index contributed by atoms with van der Waals surface area (Å²) in [5.41, 5.74) is 1.15. The molecule has 4 heteroatoms. The minimum atomic E-state index is 0.244. The first kappa shape index (κ1) is 15.1. The zero-order valence-corrected chi connectivity index (χ0v) is 13.0. The standard InChI is InChI=1S/C15H21Cl2NO/c1-11-3-5-18(6-4-11)15(10-19-2)12-7-13(16)9-14(17)8-12/h7-9,11,15H,3-6,10H2,1-2H3/t15-/m1/s1. The Bertz CT molecular complexity index is 396. The second-order valence-electron chi connectivity index (χ2n) is 5.39. The molecule has 1 aliphatic heterocycles. The van der Waals surface area contributed by atoms with Crippen molar-refractivity contribution in [2.24, 2.45) is 5.92 Å². The molecule has 0 saturated carbocycles. The summed E-state index contributed by atoms with van der Waals surface area (Å²) in [6.07, 6.45) is 2.49. The molecule has 0 aromatic heterocycles. The molecule has 1 aliphatic rings. The molecule has 106 valence electrons. The quantitative estimate of drug-likeness (QED) is 0.816. The van der Waals surface area contributed by atoms with E-state index in [0.29, 0.717) is 16.7 Å². The van der Waals surface area contributed by atoms with E-state index >= 15 is 0 Å². The van der Waals surface area contributed by atoms with E-state index in [-0.39, 0.29) is 6.04 Å². The lowest BCUT2D eigenvalue weighted by atomic mass is 9.96. The van der Waals surface area contributed by atoms with Gasteiger partial charge in [-0.05, 0) is 55.6 Å². The van der Waals surface area contributed by atoms with Crippen molar-refractivity contribution < 1.29 is 4.74 Å². The van der Waals surface area contributed by atoms with Gasteiger partial charge in [0.15, 0.2) is 0 Å². The topological polar surface area (TPSA) is 12.5 Å². The highest BCUT2D eigenvalue weighted by Gasteiger charge is 2.25. The second-order valence-corrected chi connectivity index (χ2v) is 6.27. The molecule has 1 saturated heterocycles. The monoisotopic (exact) mass is 301 g/mol. The van der Waals surface area contributed by atoms with E-state index in [0.717, 1.165) is 24.6 Å². The molecule has 0 amide bonds. The summed E-state index contributed by atoms with van der Waals surface area (Å²) >= 11 is 12.2. The van der Waals surface area contributed by atoms with Crippen LogP contribution in [0.4, 0.5) is 0 Å². The molecular formula is C15H21Cl2NO. The summed E-state index contributed by atoms with van der Waals surface area (Å²) in [5, 5.41) is 1.38. The van der Waals surface area contributed by atoms with Crippen LogP contribution in [0.2, 0.25) is 10.0 Å². The van der Waals surface area contributed by atoms with Crippen molar-refractivity contribution in [1.29, 1.82) is 0 Å². The van der Waals surface area contributed by atoms with Gasteiger partial charge in [-0.15, -0.1) is 0 Å². The van der Waals surface area contributed by atoms with Gasteiger partial charge in [0.05, 0.1) is 12.6 Å². The van der Waals surface area contributed by atoms with Crippen LogP contribution in [-0.4, -0.2) is 31.7 Å². The summed E-state index contributed by atoms with van der Waals surface area (Å²) in [6.45, 7) is 5.21. The van der Waals surface area contributed by atoms with E-state index in [4.69, 9.17) is 27.9 Å². The van der Waals surface area contributed by atoms with E-state index in [1.54, 1.807) is 13.2 Å². The van der Waals surface area contributed by atoms with Crippen molar-refractivity contribution in [3.05, 3.63) is 33.8 Å². The van der Waals surface area contributed by atoms with Crippen molar-refractivity contribution in [3.63, 3.8) is 0 Å². The maximum Gasteiger partial charge on any atom is 0.0659 e. The molecule has 1 atom stereocenters. The first-order chi connectivity index (χ1) is 9.10. The summed E-state index contributed by atoms with van der Waals surface area (Å²) in [4.78, 5) is 2.48. The maximum absolute atomic E-state index is 6.11. The molecule has 0 bridgehead atoms. The number of methoxy groups -OCH3 is 1. The van der Waals surface area contributed by atoms with E-state index in [1.807, 2.05) is 12.1 Å². The second kappa shape index (κ2) is 6.94. The van der Waals surface area contributed by atoms with E-state index in [2.05, 4.69) is 11.8 Å². The Hall–Kier alpha value is -0.280. The number of halogens is 2. The van der Waals surface area contributed by atoms with Gasteiger partial charge in [-0.2, -0.15) is 0 Å². The number of rotatable bonds is 4. The van der Waals surface area contributed by atoms with Crippen molar-refractivity contribution >= 4 is 23.2 Å². The Morgan fingerprint density at radius 3 is 2.32 bits per heavy atom. The van der Waals surface area contributed by atoms with Crippen molar-refractivity contribution in [2.75, 3.05) is 26.8 Å². The number of piperidine rings is 1. The summed E-state index contributed by atoms with van der Waals surface area (Å²) < 4.78 is 5.39. The van der Waals surface area contributed by atoms with Gasteiger partial charge < -0.3 is 4.74 Å². The van der Waals surface area contributed by atoms with Crippen LogP contribution < -0.4 is 0 Å². The van der Waals surface area contributed by atoms with Gasteiger partial charge in [-0.1, -0.05) is 30.1 Å². The van der Waals surface area contributed by atoms with Gasteiger partial charge in [-0.25, -0.2) is 0 Å². The molecule has 0 spiro atoms. The number of hydrogen-bond acceptors (Lipinski definition) is 2. The Morgan fingerprint density at radius 1 is 1.21 bits per heavy atom. The first-order valence-electron chi connectivity index (χ1n) is 6.79. The van der Waals surface area contributed by atoms with Crippen molar-refractivity contribution in [3.8, 4) is 0 Å². The van der Waals surface area contributed by atoms with Crippen LogP contribution in [0.1, 0.15) is 31.4 Å².